The Balaban J connectivity index is 1.59. The van der Waals surface area contributed by atoms with Crippen molar-refractivity contribution in [3.8, 4) is 5.75 Å². The van der Waals surface area contributed by atoms with Crippen LogP contribution in [-0.4, -0.2) is 46.6 Å². The van der Waals surface area contributed by atoms with Gasteiger partial charge in [-0.15, -0.1) is 0 Å². The van der Waals surface area contributed by atoms with Crippen molar-refractivity contribution in [1.29, 1.82) is 0 Å². The number of anilines is 2. The number of hydrogen-bond donors (Lipinski definition) is 2. The number of benzene rings is 1. The molecule has 2 fully saturated rings. The average molecular weight is 382 g/mol. The van der Waals surface area contributed by atoms with Crippen LogP contribution in [0.25, 0.3) is 0 Å². The Bertz CT molecular complexity index is 907. The summed E-state index contributed by atoms with van der Waals surface area (Å²) < 4.78 is 11.8. The number of hydrogen-bond acceptors (Lipinski definition) is 6. The van der Waals surface area contributed by atoms with Gasteiger partial charge in [-0.2, -0.15) is 0 Å². The minimum absolute atomic E-state index is 0.0621. The van der Waals surface area contributed by atoms with Crippen LogP contribution in [0.15, 0.2) is 30.6 Å². The van der Waals surface area contributed by atoms with Gasteiger partial charge >= 0.3 is 0 Å². The van der Waals surface area contributed by atoms with Crippen molar-refractivity contribution in [2.45, 2.75) is 44.8 Å². The summed E-state index contributed by atoms with van der Waals surface area (Å²) >= 11 is 0. The standard InChI is InChI=1S/C21H27N5O2/c1-20(2)12-26(8-9-27-20)18-11-17(24-13-25-18)19(23)15-10-14(4-5-16(15)22)28-21(3)6-7-21/h4-5,10-11,13,23H,6-9,12,22H2,1-3H3/p+1. The minimum atomic E-state index is -0.215. The number of morpholine rings is 1. The number of ether oxygens (including phenoxy) is 2. The van der Waals surface area contributed by atoms with Gasteiger partial charge in [-0.1, -0.05) is 0 Å². The first kappa shape index (κ1) is 18.7. The Labute approximate surface area is 165 Å². The van der Waals surface area contributed by atoms with Crippen molar-refractivity contribution in [2.24, 2.45) is 0 Å². The fourth-order valence-electron chi connectivity index (χ4n) is 3.41. The first-order valence-electron chi connectivity index (χ1n) is 9.67. The van der Waals surface area contributed by atoms with Crippen molar-refractivity contribution in [2.75, 3.05) is 30.3 Å². The second-order valence-electron chi connectivity index (χ2n) is 8.51. The summed E-state index contributed by atoms with van der Waals surface area (Å²) in [5.41, 5.74) is 8.41. The van der Waals surface area contributed by atoms with Crippen LogP contribution in [0.1, 0.15) is 44.9 Å². The molecule has 1 aromatic carbocycles. The molecule has 0 spiro atoms. The van der Waals surface area contributed by atoms with Crippen LogP contribution in [0.4, 0.5) is 11.5 Å². The number of nitrogen functional groups attached to an aromatic ring is 1. The maximum atomic E-state index is 6.46. The summed E-state index contributed by atoms with van der Waals surface area (Å²) in [7, 11) is 0. The normalized spacial score (nSPS) is 19.9. The van der Waals surface area contributed by atoms with Crippen LogP contribution in [0.3, 0.4) is 0 Å². The lowest BCUT2D eigenvalue weighted by atomic mass is 10.0. The molecular formula is C21H28N5O2+. The van der Waals surface area contributed by atoms with Crippen LogP contribution in [-0.2, 0) is 4.74 Å². The zero-order chi connectivity index (χ0) is 19.9. The second-order valence-corrected chi connectivity index (χ2v) is 8.51. The van der Waals surface area contributed by atoms with E-state index in [0.29, 0.717) is 23.7 Å². The van der Waals surface area contributed by atoms with Crippen LogP contribution < -0.4 is 20.8 Å². The third-order valence-electron chi connectivity index (χ3n) is 5.31. The van der Waals surface area contributed by atoms with Crippen LogP contribution in [0.5, 0.6) is 5.75 Å². The van der Waals surface area contributed by atoms with Gasteiger partial charge < -0.3 is 20.1 Å². The van der Waals surface area contributed by atoms with Crippen molar-refractivity contribution in [3.05, 3.63) is 41.9 Å². The topological polar surface area (TPSA) is 99.1 Å². The van der Waals surface area contributed by atoms with E-state index in [0.717, 1.165) is 43.1 Å². The monoisotopic (exact) mass is 382 g/mol. The highest BCUT2D eigenvalue weighted by Crippen LogP contribution is 2.40. The summed E-state index contributed by atoms with van der Waals surface area (Å²) in [4.78, 5) is 11.0. The third-order valence-corrected chi connectivity index (χ3v) is 5.31. The van der Waals surface area contributed by atoms with E-state index in [9.17, 15) is 0 Å². The van der Waals surface area contributed by atoms with Crippen molar-refractivity contribution in [1.82, 2.24) is 9.97 Å². The predicted molar refractivity (Wildman–Crippen MR) is 109 cm³/mol. The van der Waals surface area contributed by atoms with Crippen molar-refractivity contribution >= 4 is 17.2 Å². The molecule has 1 aliphatic carbocycles. The number of nitrogens with two attached hydrogens (primary N) is 2. The molecule has 28 heavy (non-hydrogen) atoms. The van der Waals surface area contributed by atoms with Crippen molar-refractivity contribution < 1.29 is 14.9 Å². The van der Waals surface area contributed by atoms with Crippen LogP contribution >= 0.6 is 0 Å². The molecule has 1 aromatic heterocycles. The molecule has 2 aromatic rings. The lowest BCUT2D eigenvalue weighted by molar-refractivity contribution is -0.111. The van der Waals surface area contributed by atoms with Gasteiger partial charge in [-0.05, 0) is 51.8 Å². The lowest BCUT2D eigenvalue weighted by Gasteiger charge is -2.38. The average Bonchev–Trinajstić information content (AvgIpc) is 3.39. The molecule has 0 unspecified atom stereocenters. The Kier molecular flexibility index (Phi) is 4.50. The number of rotatable bonds is 5. The molecule has 0 radical (unpaired) electrons. The highest BCUT2D eigenvalue weighted by molar-refractivity contribution is 6.11. The van der Waals surface area contributed by atoms with Gasteiger partial charge in [0.15, 0.2) is 0 Å². The molecule has 0 amide bonds. The molecule has 2 heterocycles. The van der Waals surface area contributed by atoms with E-state index in [1.807, 2.05) is 24.3 Å². The Morgan fingerprint density at radius 2 is 2.00 bits per heavy atom. The molecule has 148 valence electrons. The molecule has 2 aliphatic rings. The Morgan fingerprint density at radius 3 is 2.71 bits per heavy atom. The smallest absolute Gasteiger partial charge is 0.232 e. The zero-order valence-corrected chi connectivity index (χ0v) is 16.7. The van der Waals surface area contributed by atoms with Gasteiger partial charge in [-0.25, -0.2) is 9.97 Å². The summed E-state index contributed by atoms with van der Waals surface area (Å²) in [6.45, 7) is 8.47. The van der Waals surface area contributed by atoms with Gasteiger partial charge in [-0.3, -0.25) is 5.41 Å². The third kappa shape index (κ3) is 3.94. The highest BCUT2D eigenvalue weighted by atomic mass is 16.5. The summed E-state index contributed by atoms with van der Waals surface area (Å²) in [5, 5.41) is 6.46. The van der Waals surface area contributed by atoms with Crippen LogP contribution in [0, 0.1) is 0 Å². The predicted octanol–water partition coefficient (Wildman–Crippen LogP) is 1.20. The van der Waals surface area contributed by atoms with E-state index in [-0.39, 0.29) is 11.2 Å². The molecule has 7 heteroatoms. The first-order chi connectivity index (χ1) is 13.2. The molecule has 0 atom stereocenters. The Morgan fingerprint density at radius 1 is 1.21 bits per heavy atom. The van der Waals surface area contributed by atoms with E-state index < -0.39 is 0 Å². The second kappa shape index (κ2) is 6.74. The van der Waals surface area contributed by atoms with E-state index in [2.05, 4.69) is 35.6 Å². The molecule has 4 rings (SSSR count). The zero-order valence-electron chi connectivity index (χ0n) is 16.7. The van der Waals surface area contributed by atoms with Gasteiger partial charge in [0.05, 0.1) is 17.8 Å². The molecule has 1 aliphatic heterocycles. The molecule has 1 saturated carbocycles. The highest BCUT2D eigenvalue weighted by Gasteiger charge is 2.40. The quantitative estimate of drug-likeness (QED) is 0.596. The summed E-state index contributed by atoms with van der Waals surface area (Å²) in [6.07, 6.45) is 3.68. The number of aromatic nitrogens is 2. The van der Waals surface area contributed by atoms with Crippen molar-refractivity contribution in [3.63, 3.8) is 0 Å². The van der Waals surface area contributed by atoms with Crippen LogP contribution in [0.2, 0.25) is 0 Å². The van der Waals surface area contributed by atoms with E-state index >= 15 is 0 Å². The fraction of sp³-hybridized carbons (Fsp3) is 0.476. The molecule has 7 nitrogen and oxygen atoms in total. The van der Waals surface area contributed by atoms with E-state index in [1.165, 1.54) is 0 Å². The molecular weight excluding hydrogens is 354 g/mol. The largest absolute Gasteiger partial charge is 0.488 e. The summed E-state index contributed by atoms with van der Waals surface area (Å²) in [6, 6.07) is 7.52. The Hall–Kier alpha value is -2.67. The SMILES string of the molecule is CC1(C)CN(c2cc(C(=[NH2+])c3cc(OC4(C)CC4)ccc3N)ncn2)CCO1. The lowest BCUT2D eigenvalue weighted by Crippen LogP contribution is -2.49. The fourth-order valence-corrected chi connectivity index (χ4v) is 3.41. The van der Waals surface area contributed by atoms with E-state index in [1.54, 1.807) is 6.33 Å². The molecule has 0 bridgehead atoms. The van der Waals surface area contributed by atoms with Gasteiger partial charge in [0.25, 0.3) is 0 Å². The van der Waals surface area contributed by atoms with Gasteiger partial charge in [0.1, 0.15) is 29.2 Å². The number of nitrogens with zero attached hydrogens (tertiary/aromatic N) is 3. The first-order valence-corrected chi connectivity index (χ1v) is 9.67. The van der Waals surface area contributed by atoms with E-state index in [4.69, 9.17) is 20.6 Å². The molecule has 1 saturated heterocycles. The van der Waals surface area contributed by atoms with Gasteiger partial charge in [0, 0.05) is 24.8 Å². The minimum Gasteiger partial charge on any atom is -0.488 e. The maximum absolute atomic E-state index is 6.46. The molecule has 4 N–H and O–H groups in total. The maximum Gasteiger partial charge on any atom is 0.232 e. The van der Waals surface area contributed by atoms with Gasteiger partial charge in [0.2, 0.25) is 5.71 Å². The summed E-state index contributed by atoms with van der Waals surface area (Å²) in [5.74, 6) is 1.61.